The molecule has 35 heavy (non-hydrogen) atoms. The Labute approximate surface area is 203 Å². The van der Waals surface area contributed by atoms with E-state index < -0.39 is 23.5 Å². The summed E-state index contributed by atoms with van der Waals surface area (Å²) in [5, 5.41) is 2.70. The third-order valence-corrected chi connectivity index (χ3v) is 6.44. The molecule has 2 aromatic carbocycles. The van der Waals surface area contributed by atoms with Crippen LogP contribution >= 0.6 is 0 Å². The van der Waals surface area contributed by atoms with E-state index >= 15 is 0 Å². The molecule has 1 aromatic heterocycles. The number of esters is 1. The minimum Gasteiger partial charge on any atom is -0.467 e. The normalized spacial score (nSPS) is 14.2. The van der Waals surface area contributed by atoms with Crippen molar-refractivity contribution >= 4 is 11.9 Å². The second-order valence-electron chi connectivity index (χ2n) is 8.80. The number of nitrogens with zero attached hydrogens (tertiary/aromatic N) is 1. The Balaban J connectivity index is 1.75. The Morgan fingerprint density at radius 1 is 1.00 bits per heavy atom. The van der Waals surface area contributed by atoms with Gasteiger partial charge in [0.15, 0.2) is 6.04 Å². The highest BCUT2D eigenvalue weighted by Gasteiger charge is 2.27. The van der Waals surface area contributed by atoms with Crippen molar-refractivity contribution in [3.05, 3.63) is 105 Å². The molecule has 3 aromatic rings. The van der Waals surface area contributed by atoms with E-state index in [1.54, 1.807) is 47.0 Å². The summed E-state index contributed by atoms with van der Waals surface area (Å²) < 4.78 is 20.0. The van der Waals surface area contributed by atoms with Crippen LogP contribution < -0.4 is 10.9 Å². The minimum atomic E-state index is -1.04. The van der Waals surface area contributed by atoms with E-state index in [4.69, 9.17) is 4.74 Å². The molecule has 0 spiro atoms. The summed E-state index contributed by atoms with van der Waals surface area (Å²) in [6.07, 6.45) is 5.61. The topological polar surface area (TPSA) is 77.4 Å². The van der Waals surface area contributed by atoms with Crippen LogP contribution in [0.15, 0.2) is 65.5 Å². The number of pyridine rings is 1. The highest BCUT2D eigenvalue weighted by atomic mass is 19.1. The molecular formula is C28H29FN2O4. The van der Waals surface area contributed by atoms with E-state index in [0.29, 0.717) is 5.56 Å². The van der Waals surface area contributed by atoms with Gasteiger partial charge < -0.3 is 14.6 Å². The van der Waals surface area contributed by atoms with E-state index in [9.17, 15) is 18.8 Å². The summed E-state index contributed by atoms with van der Waals surface area (Å²) in [7, 11) is 1.26. The summed E-state index contributed by atoms with van der Waals surface area (Å²) in [6, 6.07) is 15.4. The van der Waals surface area contributed by atoms with E-state index in [1.807, 2.05) is 6.07 Å². The maximum Gasteiger partial charge on any atom is 0.333 e. The first-order valence-electron chi connectivity index (χ1n) is 11.9. The average Bonchev–Trinajstić information content (AvgIpc) is 2.86. The summed E-state index contributed by atoms with van der Waals surface area (Å²) in [6.45, 7) is 0.238. The molecule has 1 aliphatic carbocycles. The summed E-state index contributed by atoms with van der Waals surface area (Å²) in [5.74, 6) is -1.60. The first kappa shape index (κ1) is 24.4. The van der Waals surface area contributed by atoms with Crippen molar-refractivity contribution < 1.29 is 18.7 Å². The van der Waals surface area contributed by atoms with E-state index in [-0.39, 0.29) is 17.9 Å². The van der Waals surface area contributed by atoms with Gasteiger partial charge in [0.1, 0.15) is 11.4 Å². The molecule has 0 aliphatic heterocycles. The van der Waals surface area contributed by atoms with Gasteiger partial charge in [-0.2, -0.15) is 0 Å². The first-order valence-corrected chi connectivity index (χ1v) is 11.9. The fraction of sp³-hybridized carbons (Fsp3) is 0.321. The van der Waals surface area contributed by atoms with Gasteiger partial charge in [-0.3, -0.25) is 9.59 Å². The third kappa shape index (κ3) is 5.67. The van der Waals surface area contributed by atoms with Crippen LogP contribution in [0.25, 0.3) is 0 Å². The van der Waals surface area contributed by atoms with Crippen LogP contribution in [-0.2, 0) is 28.9 Å². The number of methoxy groups -OCH3 is 1. The van der Waals surface area contributed by atoms with Crippen LogP contribution in [0.3, 0.4) is 0 Å². The fourth-order valence-electron chi connectivity index (χ4n) is 4.59. The van der Waals surface area contributed by atoms with Gasteiger partial charge in [0, 0.05) is 5.69 Å². The van der Waals surface area contributed by atoms with E-state index in [2.05, 4.69) is 5.32 Å². The molecule has 1 atom stereocenters. The molecule has 0 fully saturated rings. The number of aryl methyl sites for hydroxylation is 1. The Hall–Kier alpha value is -3.74. The molecule has 1 amide bonds. The van der Waals surface area contributed by atoms with Crippen molar-refractivity contribution in [3.63, 3.8) is 0 Å². The summed E-state index contributed by atoms with van der Waals surface area (Å²) in [5.41, 5.74) is 2.77. The largest absolute Gasteiger partial charge is 0.467 e. The lowest BCUT2D eigenvalue weighted by Crippen LogP contribution is -2.39. The summed E-state index contributed by atoms with van der Waals surface area (Å²) in [4.78, 5) is 39.5. The molecule has 1 aliphatic rings. The first-order chi connectivity index (χ1) is 17.0. The predicted molar refractivity (Wildman–Crippen MR) is 131 cm³/mol. The van der Waals surface area contributed by atoms with Crippen LogP contribution in [0.1, 0.15) is 64.5 Å². The molecule has 0 bridgehead atoms. The Morgan fingerprint density at radius 2 is 1.69 bits per heavy atom. The van der Waals surface area contributed by atoms with Gasteiger partial charge in [0.2, 0.25) is 0 Å². The Morgan fingerprint density at radius 3 is 2.37 bits per heavy atom. The molecule has 182 valence electrons. The van der Waals surface area contributed by atoms with Gasteiger partial charge in [-0.05, 0) is 60.6 Å². The molecule has 0 saturated heterocycles. The smallest absolute Gasteiger partial charge is 0.333 e. The number of amides is 1. The number of ether oxygens (including phenoxy) is 1. The zero-order valence-corrected chi connectivity index (χ0v) is 19.8. The molecule has 7 heteroatoms. The zero-order valence-electron chi connectivity index (χ0n) is 19.8. The number of hydrogen-bond donors (Lipinski definition) is 1. The van der Waals surface area contributed by atoms with Crippen molar-refractivity contribution in [2.45, 2.75) is 51.1 Å². The Kier molecular flexibility index (Phi) is 7.75. The number of rotatable bonds is 6. The number of nitrogens with one attached hydrogen (secondary N) is 1. The van der Waals surface area contributed by atoms with Crippen LogP contribution in [0.5, 0.6) is 0 Å². The number of fused-ring (bicyclic) bond motifs is 1. The zero-order chi connectivity index (χ0) is 24.8. The van der Waals surface area contributed by atoms with Gasteiger partial charge >= 0.3 is 5.97 Å². The van der Waals surface area contributed by atoms with E-state index in [0.717, 1.165) is 55.3 Å². The lowest BCUT2D eigenvalue weighted by molar-refractivity contribution is -0.143. The highest BCUT2D eigenvalue weighted by Crippen LogP contribution is 2.22. The number of benzene rings is 2. The molecule has 1 heterocycles. The fourth-order valence-corrected chi connectivity index (χ4v) is 4.59. The van der Waals surface area contributed by atoms with Crippen LogP contribution in [-0.4, -0.2) is 23.6 Å². The Bertz CT molecular complexity index is 1250. The van der Waals surface area contributed by atoms with Crippen LogP contribution in [0.2, 0.25) is 0 Å². The highest BCUT2D eigenvalue weighted by molar-refractivity contribution is 5.97. The molecule has 0 saturated carbocycles. The molecule has 4 rings (SSSR count). The molecule has 6 nitrogen and oxygen atoms in total. The minimum absolute atomic E-state index is 0.0173. The molecule has 1 N–H and O–H groups in total. The van der Waals surface area contributed by atoms with Gasteiger partial charge in [-0.1, -0.05) is 55.3 Å². The van der Waals surface area contributed by atoms with Crippen molar-refractivity contribution in [1.82, 2.24) is 9.88 Å². The lowest BCUT2D eigenvalue weighted by atomic mass is 9.95. The van der Waals surface area contributed by atoms with Gasteiger partial charge in [-0.15, -0.1) is 0 Å². The number of hydrogen-bond acceptors (Lipinski definition) is 4. The van der Waals surface area contributed by atoms with E-state index in [1.165, 1.54) is 19.2 Å². The number of halogens is 1. The molecule has 0 radical (unpaired) electrons. The second kappa shape index (κ2) is 11.1. The maximum absolute atomic E-state index is 13.6. The van der Waals surface area contributed by atoms with Crippen LogP contribution in [0, 0.1) is 5.82 Å². The van der Waals surface area contributed by atoms with Crippen molar-refractivity contribution in [2.24, 2.45) is 0 Å². The summed E-state index contributed by atoms with van der Waals surface area (Å²) >= 11 is 0. The number of carbonyl (C=O) groups excluding carboxylic acids is 2. The molecular weight excluding hydrogens is 447 g/mol. The number of aromatic nitrogens is 1. The number of carbonyl (C=O) groups is 2. The maximum atomic E-state index is 13.6. The SMILES string of the molecule is COC(=O)C(NC(=O)c1cc2c(n(Cc3ccc(F)cc3)c1=O)CCCCCC2)c1ccccc1. The third-order valence-electron chi connectivity index (χ3n) is 6.44. The van der Waals surface area contributed by atoms with Crippen molar-refractivity contribution in [3.8, 4) is 0 Å². The van der Waals surface area contributed by atoms with Gasteiger partial charge in [0.05, 0.1) is 13.7 Å². The molecule has 1 unspecified atom stereocenters. The van der Waals surface area contributed by atoms with Gasteiger partial charge in [-0.25, -0.2) is 9.18 Å². The van der Waals surface area contributed by atoms with Crippen LogP contribution in [0.4, 0.5) is 4.39 Å². The average molecular weight is 477 g/mol. The predicted octanol–water partition coefficient (Wildman–Crippen LogP) is 4.34. The van der Waals surface area contributed by atoms with Crippen molar-refractivity contribution in [2.75, 3.05) is 7.11 Å². The standard InChI is InChI=1S/C28H29FN2O4/c1-35-28(34)25(20-9-6-4-7-10-20)30-26(32)23-17-21-11-5-2-3-8-12-24(21)31(27(23)33)18-19-13-15-22(29)16-14-19/h4,6-7,9-10,13-17,25H,2-3,5,8,11-12,18H2,1H3,(H,30,32). The second-order valence-corrected chi connectivity index (χ2v) is 8.80. The lowest BCUT2D eigenvalue weighted by Gasteiger charge is -2.22. The van der Waals surface area contributed by atoms with Gasteiger partial charge in [0.25, 0.3) is 11.5 Å². The quantitative estimate of drug-likeness (QED) is 0.537. The monoisotopic (exact) mass is 476 g/mol. The van der Waals surface area contributed by atoms with Crippen molar-refractivity contribution in [1.29, 1.82) is 0 Å².